The molecule has 0 aliphatic heterocycles. The average molecular weight is 578 g/mol. The molecule has 1 aromatic carbocycles. The minimum atomic E-state index is -0.620. The zero-order chi connectivity index (χ0) is 29.6. The monoisotopic (exact) mass is 577 g/mol. The smallest absolute Gasteiger partial charge is 0.407 e. The van der Waals surface area contributed by atoms with Crippen LogP contribution in [0.4, 0.5) is 16.4 Å². The highest BCUT2D eigenvalue weighted by Crippen LogP contribution is 2.22. The number of benzene rings is 1. The van der Waals surface area contributed by atoms with Crippen molar-refractivity contribution in [1.29, 1.82) is 0 Å². The molecule has 0 radical (unpaired) electrons. The third kappa shape index (κ3) is 7.40. The van der Waals surface area contributed by atoms with Crippen LogP contribution in [0.5, 0.6) is 5.75 Å². The largest absolute Gasteiger partial charge is 0.492 e. The maximum Gasteiger partial charge on any atom is 0.407 e. The Kier molecular flexibility index (Phi) is 9.58. The van der Waals surface area contributed by atoms with Crippen molar-refractivity contribution in [3.63, 3.8) is 0 Å². The molecule has 0 spiro atoms. The number of anilines is 2. The molecule has 14 nitrogen and oxygen atoms in total. The molecule has 2 heterocycles. The molecule has 40 heavy (non-hydrogen) atoms. The number of methoxy groups -OCH3 is 1. The highest BCUT2D eigenvalue weighted by molar-refractivity contribution is 6.31. The van der Waals surface area contributed by atoms with Crippen LogP contribution in [0, 0.1) is 0 Å². The predicted octanol–water partition coefficient (Wildman–Crippen LogP) is 1.56. The average Bonchev–Trinajstić information content (AvgIpc) is 3.17. The maximum absolute atomic E-state index is 12.9. The van der Waals surface area contributed by atoms with Gasteiger partial charge in [0.25, 0.3) is 11.7 Å². The van der Waals surface area contributed by atoms with Crippen LogP contribution in [0.3, 0.4) is 0 Å². The highest BCUT2D eigenvalue weighted by Gasteiger charge is 2.28. The van der Waals surface area contributed by atoms with Crippen molar-refractivity contribution in [2.24, 2.45) is 0 Å². The molecule has 0 fully saturated rings. The second-order valence-electron chi connectivity index (χ2n) is 9.57. The van der Waals surface area contributed by atoms with Crippen molar-refractivity contribution in [3.05, 3.63) is 34.9 Å². The normalized spacial score (nSPS) is 11.2. The van der Waals surface area contributed by atoms with Crippen LogP contribution >= 0.6 is 11.6 Å². The number of halogens is 1. The molecule has 216 valence electrons. The third-order valence-corrected chi connectivity index (χ3v) is 5.83. The number of nitrogens with one attached hydrogen (secondary N) is 2. The number of amides is 2. The van der Waals surface area contributed by atoms with E-state index >= 15 is 0 Å². The Morgan fingerprint density at radius 1 is 1.12 bits per heavy atom. The van der Waals surface area contributed by atoms with Crippen molar-refractivity contribution < 1.29 is 33.2 Å². The molecule has 3 aromatic rings. The number of aryl methyl sites for hydroxylation is 1. The number of hydrogen-bond donors (Lipinski definition) is 4. The minimum Gasteiger partial charge on any atom is -0.492 e. The molecule has 2 aromatic heterocycles. The first-order valence-electron chi connectivity index (χ1n) is 12.4. The van der Waals surface area contributed by atoms with Crippen molar-refractivity contribution in [1.82, 2.24) is 25.2 Å². The molecule has 6 N–H and O–H groups in total. The summed E-state index contributed by atoms with van der Waals surface area (Å²) in [7, 11) is 1.30. The zero-order valence-corrected chi connectivity index (χ0v) is 23.8. The van der Waals surface area contributed by atoms with E-state index in [1.165, 1.54) is 7.11 Å². The molecule has 0 aliphatic rings. The van der Waals surface area contributed by atoms with Crippen LogP contribution in [0.2, 0.25) is 5.15 Å². The van der Waals surface area contributed by atoms with E-state index in [0.717, 1.165) is 5.52 Å². The Hall–Kier alpha value is -4.33. The molecule has 0 saturated heterocycles. The maximum atomic E-state index is 12.9. The van der Waals surface area contributed by atoms with E-state index in [1.807, 2.05) is 17.6 Å². The SMILES string of the molecule is CCn1c(CNC(=O)c2nc(Cl)c(N)nc2N)[n+](CC(=O)OC)c2ccc(OCCNC(=O)OC(C)(C)C)cc21. The molecule has 15 heteroatoms. The van der Waals surface area contributed by atoms with E-state index in [0.29, 0.717) is 23.6 Å². The summed E-state index contributed by atoms with van der Waals surface area (Å²) in [4.78, 5) is 44.7. The lowest BCUT2D eigenvalue weighted by Gasteiger charge is -2.19. The lowest BCUT2D eigenvalue weighted by Crippen LogP contribution is -2.44. The van der Waals surface area contributed by atoms with Gasteiger partial charge in [-0.25, -0.2) is 28.7 Å². The van der Waals surface area contributed by atoms with Crippen LogP contribution in [-0.2, 0) is 33.9 Å². The molecule has 0 atom stereocenters. The third-order valence-electron chi connectivity index (χ3n) is 5.55. The number of nitrogens with two attached hydrogens (primary N) is 2. The van der Waals surface area contributed by atoms with Crippen molar-refractivity contribution in [2.45, 2.75) is 52.9 Å². The van der Waals surface area contributed by atoms with Crippen LogP contribution in [0.1, 0.15) is 44.0 Å². The van der Waals surface area contributed by atoms with Gasteiger partial charge in [0.2, 0.25) is 0 Å². The minimum absolute atomic E-state index is 0.0114. The number of nitrogens with zero attached hydrogens (tertiary/aromatic N) is 4. The van der Waals surface area contributed by atoms with Crippen molar-refractivity contribution in [2.75, 3.05) is 31.7 Å². The fraction of sp³-hybridized carbons (Fsp3) is 0.440. The van der Waals surface area contributed by atoms with Crippen LogP contribution in [0.15, 0.2) is 18.2 Å². The van der Waals surface area contributed by atoms with E-state index in [9.17, 15) is 14.4 Å². The van der Waals surface area contributed by atoms with Gasteiger partial charge in [0.15, 0.2) is 40.1 Å². The Labute approximate surface area is 235 Å². The Morgan fingerprint density at radius 2 is 1.85 bits per heavy atom. The number of alkyl carbamates (subject to hydrolysis) is 1. The number of esters is 1. The topological polar surface area (TPSA) is 190 Å². The van der Waals surface area contributed by atoms with Gasteiger partial charge in [0.1, 0.15) is 24.5 Å². The first-order valence-corrected chi connectivity index (χ1v) is 12.8. The Morgan fingerprint density at radius 3 is 2.50 bits per heavy atom. The number of carbonyl (C=O) groups is 3. The summed E-state index contributed by atoms with van der Waals surface area (Å²) in [6.07, 6.45) is -0.532. The van der Waals surface area contributed by atoms with Gasteiger partial charge < -0.3 is 36.3 Å². The van der Waals surface area contributed by atoms with E-state index in [1.54, 1.807) is 37.5 Å². The Bertz CT molecular complexity index is 1420. The van der Waals surface area contributed by atoms with E-state index in [4.69, 9.17) is 37.3 Å². The summed E-state index contributed by atoms with van der Waals surface area (Å²) in [6.45, 7) is 8.14. The van der Waals surface area contributed by atoms with E-state index < -0.39 is 23.6 Å². The molecular weight excluding hydrogens is 544 g/mol. The molecule has 3 rings (SSSR count). The number of rotatable bonds is 10. The summed E-state index contributed by atoms with van der Waals surface area (Å²) in [5, 5.41) is 5.25. The van der Waals surface area contributed by atoms with Crippen molar-refractivity contribution >= 4 is 52.2 Å². The van der Waals surface area contributed by atoms with Gasteiger partial charge in [-0.2, -0.15) is 0 Å². The Balaban J connectivity index is 1.84. The number of aromatic nitrogens is 4. The molecule has 0 unspecified atom stereocenters. The quantitative estimate of drug-likeness (QED) is 0.156. The van der Waals surface area contributed by atoms with Crippen molar-refractivity contribution in [3.8, 4) is 5.75 Å². The summed E-state index contributed by atoms with van der Waals surface area (Å²) in [5.41, 5.74) is 12.1. The van der Waals surface area contributed by atoms with Gasteiger partial charge in [0.05, 0.1) is 20.2 Å². The van der Waals surface area contributed by atoms with Crippen LogP contribution in [-0.4, -0.2) is 58.4 Å². The number of nitrogen functional groups attached to an aromatic ring is 2. The second kappa shape index (κ2) is 12.7. The van der Waals surface area contributed by atoms with Gasteiger partial charge in [-0.05, 0) is 39.8 Å². The first-order chi connectivity index (χ1) is 18.8. The summed E-state index contributed by atoms with van der Waals surface area (Å²) >= 11 is 5.92. The first kappa shape index (κ1) is 30.2. The number of ether oxygens (including phenoxy) is 3. The zero-order valence-electron chi connectivity index (χ0n) is 23.0. The van der Waals surface area contributed by atoms with Gasteiger partial charge >= 0.3 is 12.1 Å². The van der Waals surface area contributed by atoms with Gasteiger partial charge in [0, 0.05) is 6.07 Å². The number of hydrogen-bond acceptors (Lipinski definition) is 10. The molecule has 2 amide bonds. The second-order valence-corrected chi connectivity index (χ2v) is 9.92. The van der Waals surface area contributed by atoms with Gasteiger partial charge in [-0.1, -0.05) is 11.6 Å². The highest BCUT2D eigenvalue weighted by atomic mass is 35.5. The van der Waals surface area contributed by atoms with E-state index in [-0.39, 0.29) is 48.7 Å². The number of carbonyl (C=O) groups excluding carboxylic acids is 3. The van der Waals surface area contributed by atoms with Crippen LogP contribution in [0.25, 0.3) is 11.0 Å². The summed E-state index contributed by atoms with van der Waals surface area (Å²) in [5.74, 6) is -0.191. The summed E-state index contributed by atoms with van der Waals surface area (Å²) < 4.78 is 19.6. The number of imidazole rings is 1. The van der Waals surface area contributed by atoms with E-state index in [2.05, 4.69) is 20.6 Å². The standard InChI is InChI=1S/C25H33ClN8O6/c1-6-33-16-11-14(39-10-9-29-24(37)40-25(2,3)4)7-8-15(16)34(13-18(35)38-5)17(33)12-30-23(36)19-21(27)32-22(28)20(26)31-19/h7-8,11H,6,9-10,12-13H2,1-5H3,(H5-,27,28,29,30,32,36,37)/p+1. The number of fused-ring (bicyclic) bond motifs is 1. The predicted molar refractivity (Wildman–Crippen MR) is 147 cm³/mol. The molecule has 0 bridgehead atoms. The van der Waals surface area contributed by atoms with Gasteiger partial charge in [-0.3, -0.25) is 4.79 Å². The van der Waals surface area contributed by atoms with Gasteiger partial charge in [-0.15, -0.1) is 0 Å². The molecule has 0 aliphatic carbocycles. The summed E-state index contributed by atoms with van der Waals surface area (Å²) in [6, 6.07) is 5.36. The van der Waals surface area contributed by atoms with Crippen LogP contribution < -0.4 is 31.4 Å². The lowest BCUT2D eigenvalue weighted by atomic mass is 10.2. The lowest BCUT2D eigenvalue weighted by molar-refractivity contribution is -0.669. The molecular formula is C25H34ClN8O6+. The fourth-order valence-electron chi connectivity index (χ4n) is 3.86. The fourth-order valence-corrected chi connectivity index (χ4v) is 3.99. The molecule has 0 saturated carbocycles.